The molecule has 3 aromatic carbocycles. The lowest BCUT2D eigenvalue weighted by Gasteiger charge is -2.26. The standard InChI is InChI=1S/C36H43ClN4O7/c1-23(2)21-29-36(45)41(4)19-20-46-30-10-6-5-9-27(30)34(43)40-28(17-18-33(42)39-29)35(44)38-24(3)22-47-31-11-7-8-12-32(31)48-26-15-13-25(37)14-16-26/h5-16,23-24,28-29H,17-22H2,1-4H3,(H,38,44)(H,39,42)(H,40,43)/t24-,28+,29-/m1/s1. The van der Waals surface area contributed by atoms with Crippen molar-refractivity contribution in [3.8, 4) is 23.0 Å². The molecule has 3 N–H and O–H groups in total. The summed E-state index contributed by atoms with van der Waals surface area (Å²) in [5.41, 5.74) is 0.231. The van der Waals surface area contributed by atoms with Crippen LogP contribution >= 0.6 is 11.6 Å². The van der Waals surface area contributed by atoms with E-state index < -0.39 is 35.8 Å². The predicted molar refractivity (Wildman–Crippen MR) is 183 cm³/mol. The van der Waals surface area contributed by atoms with Crippen molar-refractivity contribution in [3.63, 3.8) is 0 Å². The number of rotatable bonds is 9. The van der Waals surface area contributed by atoms with E-state index in [4.69, 9.17) is 25.8 Å². The van der Waals surface area contributed by atoms with Crippen LogP contribution in [0.4, 0.5) is 0 Å². The molecule has 3 atom stereocenters. The summed E-state index contributed by atoms with van der Waals surface area (Å²) in [6, 6.07) is 18.5. The quantitative estimate of drug-likeness (QED) is 0.291. The van der Waals surface area contributed by atoms with Gasteiger partial charge in [0.1, 0.15) is 36.8 Å². The monoisotopic (exact) mass is 678 g/mol. The molecule has 0 fully saturated rings. The van der Waals surface area contributed by atoms with E-state index in [1.54, 1.807) is 74.6 Å². The molecule has 0 spiro atoms. The minimum absolute atomic E-state index is 0.00377. The number of para-hydroxylation sites is 3. The highest BCUT2D eigenvalue weighted by molar-refractivity contribution is 6.30. The van der Waals surface area contributed by atoms with Gasteiger partial charge in [-0.05, 0) is 74.2 Å². The second-order valence-electron chi connectivity index (χ2n) is 12.1. The molecule has 0 bridgehead atoms. The summed E-state index contributed by atoms with van der Waals surface area (Å²) in [7, 11) is 1.65. The third-order valence-corrected chi connectivity index (χ3v) is 7.83. The van der Waals surface area contributed by atoms with E-state index in [1.165, 1.54) is 4.90 Å². The van der Waals surface area contributed by atoms with Gasteiger partial charge in [0.25, 0.3) is 5.91 Å². The molecular weight excluding hydrogens is 636 g/mol. The number of benzene rings is 3. The molecule has 0 saturated carbocycles. The van der Waals surface area contributed by atoms with Crippen molar-refractivity contribution in [2.45, 2.75) is 58.2 Å². The first kappa shape index (κ1) is 36.1. The zero-order valence-corrected chi connectivity index (χ0v) is 28.4. The second kappa shape index (κ2) is 17.4. The number of carbonyl (C=O) groups excluding carboxylic acids is 4. The number of carbonyl (C=O) groups is 4. The first-order valence-electron chi connectivity index (χ1n) is 16.0. The molecule has 1 heterocycles. The molecule has 256 valence electrons. The van der Waals surface area contributed by atoms with Gasteiger partial charge >= 0.3 is 0 Å². The van der Waals surface area contributed by atoms with Crippen LogP contribution in [-0.2, 0) is 14.4 Å². The number of nitrogens with one attached hydrogen (secondary N) is 3. The van der Waals surface area contributed by atoms with Crippen molar-refractivity contribution in [2.24, 2.45) is 5.92 Å². The number of halogens is 1. The summed E-state index contributed by atoms with van der Waals surface area (Å²) in [6.07, 6.45) is 0.350. The SMILES string of the molecule is CC(C)C[C@H]1NC(=O)CC[C@@H](C(=O)N[C@H](C)COc2ccccc2Oc2ccc(Cl)cc2)NC(=O)c2ccccc2OCCN(C)C1=O. The normalized spacial score (nSPS) is 18.3. The third-order valence-electron chi connectivity index (χ3n) is 7.58. The second-order valence-corrected chi connectivity index (χ2v) is 12.6. The van der Waals surface area contributed by atoms with E-state index in [9.17, 15) is 19.2 Å². The van der Waals surface area contributed by atoms with Gasteiger partial charge in [0.2, 0.25) is 17.7 Å². The van der Waals surface area contributed by atoms with Crippen LogP contribution in [0.1, 0.15) is 50.4 Å². The molecule has 3 aromatic rings. The van der Waals surface area contributed by atoms with Gasteiger partial charge in [-0.15, -0.1) is 0 Å². The van der Waals surface area contributed by atoms with E-state index in [1.807, 2.05) is 26.0 Å². The number of likely N-dealkylation sites (N-methyl/N-ethyl adjacent to an activating group) is 1. The number of amides is 4. The van der Waals surface area contributed by atoms with Crippen molar-refractivity contribution in [1.29, 1.82) is 0 Å². The highest BCUT2D eigenvalue weighted by atomic mass is 35.5. The summed E-state index contributed by atoms with van der Waals surface area (Å²) < 4.78 is 17.9. The van der Waals surface area contributed by atoms with Crippen molar-refractivity contribution in [1.82, 2.24) is 20.9 Å². The maximum atomic E-state index is 13.6. The summed E-state index contributed by atoms with van der Waals surface area (Å²) in [5.74, 6) is 0.362. The van der Waals surface area contributed by atoms with Crippen LogP contribution in [0.5, 0.6) is 23.0 Å². The van der Waals surface area contributed by atoms with Crippen LogP contribution < -0.4 is 30.2 Å². The van der Waals surface area contributed by atoms with Crippen LogP contribution in [0.15, 0.2) is 72.8 Å². The van der Waals surface area contributed by atoms with Crippen molar-refractivity contribution >= 4 is 35.2 Å². The molecule has 12 heteroatoms. The van der Waals surface area contributed by atoms with E-state index in [0.29, 0.717) is 34.4 Å². The molecule has 1 aliphatic heterocycles. The average molecular weight is 679 g/mol. The predicted octanol–water partition coefficient (Wildman–Crippen LogP) is 4.98. The molecule has 48 heavy (non-hydrogen) atoms. The van der Waals surface area contributed by atoms with Crippen molar-refractivity contribution in [3.05, 3.63) is 83.4 Å². The Morgan fingerprint density at radius 2 is 1.67 bits per heavy atom. The van der Waals surface area contributed by atoms with Crippen LogP contribution in [0.2, 0.25) is 5.02 Å². The van der Waals surface area contributed by atoms with E-state index in [2.05, 4.69) is 16.0 Å². The molecule has 1 aliphatic rings. The van der Waals surface area contributed by atoms with Gasteiger partial charge in [-0.2, -0.15) is 0 Å². The summed E-state index contributed by atoms with van der Waals surface area (Å²) >= 11 is 5.99. The van der Waals surface area contributed by atoms with E-state index in [0.717, 1.165) is 0 Å². The number of nitrogens with zero attached hydrogens (tertiary/aromatic N) is 1. The van der Waals surface area contributed by atoms with Crippen molar-refractivity contribution in [2.75, 3.05) is 26.8 Å². The average Bonchev–Trinajstić information content (AvgIpc) is 3.06. The zero-order chi connectivity index (χ0) is 34.6. The Morgan fingerprint density at radius 3 is 2.40 bits per heavy atom. The van der Waals surface area contributed by atoms with Gasteiger partial charge in [-0.3, -0.25) is 19.2 Å². The topological polar surface area (TPSA) is 135 Å². The third kappa shape index (κ3) is 10.6. The molecule has 11 nitrogen and oxygen atoms in total. The van der Waals surface area contributed by atoms with Gasteiger partial charge in [0, 0.05) is 18.5 Å². The molecule has 4 amide bonds. The Hall–Kier alpha value is -4.77. The number of fused-ring (bicyclic) bond motifs is 1. The molecule has 0 saturated heterocycles. The van der Waals surface area contributed by atoms with Gasteiger partial charge in [-0.25, -0.2) is 0 Å². The molecular formula is C36H43ClN4O7. The van der Waals surface area contributed by atoms with E-state index in [-0.39, 0.29) is 50.0 Å². The minimum atomic E-state index is -1.06. The lowest BCUT2D eigenvalue weighted by atomic mass is 10.0. The lowest BCUT2D eigenvalue weighted by Crippen LogP contribution is -2.51. The Labute approximate surface area is 286 Å². The summed E-state index contributed by atoms with van der Waals surface area (Å²) in [4.78, 5) is 54.9. The molecule has 0 unspecified atom stereocenters. The number of ether oxygens (including phenoxy) is 3. The maximum absolute atomic E-state index is 13.6. The fourth-order valence-corrected chi connectivity index (χ4v) is 5.20. The van der Waals surface area contributed by atoms with Crippen LogP contribution in [0.3, 0.4) is 0 Å². The molecule has 0 aromatic heterocycles. The summed E-state index contributed by atoms with van der Waals surface area (Å²) in [6.45, 7) is 6.19. The van der Waals surface area contributed by atoms with Gasteiger partial charge in [-0.1, -0.05) is 49.7 Å². The van der Waals surface area contributed by atoms with Crippen LogP contribution in [0.25, 0.3) is 0 Å². The molecule has 0 aliphatic carbocycles. The molecule has 0 radical (unpaired) electrons. The minimum Gasteiger partial charge on any atom is -0.491 e. The highest BCUT2D eigenvalue weighted by Crippen LogP contribution is 2.32. The van der Waals surface area contributed by atoms with Crippen molar-refractivity contribution < 1.29 is 33.4 Å². The van der Waals surface area contributed by atoms with Gasteiger partial charge in [0.05, 0.1) is 18.2 Å². The summed E-state index contributed by atoms with van der Waals surface area (Å²) in [5, 5.41) is 9.10. The Balaban J connectivity index is 1.47. The number of hydrogen-bond donors (Lipinski definition) is 3. The Morgan fingerprint density at radius 1 is 0.979 bits per heavy atom. The largest absolute Gasteiger partial charge is 0.491 e. The zero-order valence-electron chi connectivity index (χ0n) is 27.7. The smallest absolute Gasteiger partial charge is 0.255 e. The van der Waals surface area contributed by atoms with E-state index >= 15 is 0 Å². The maximum Gasteiger partial charge on any atom is 0.255 e. The highest BCUT2D eigenvalue weighted by Gasteiger charge is 2.29. The molecule has 4 rings (SSSR count). The number of hydrogen-bond acceptors (Lipinski definition) is 7. The Kier molecular flexibility index (Phi) is 13.1. The van der Waals surface area contributed by atoms with Gasteiger partial charge in [0.15, 0.2) is 11.5 Å². The van der Waals surface area contributed by atoms with Crippen LogP contribution in [0, 0.1) is 5.92 Å². The fourth-order valence-electron chi connectivity index (χ4n) is 5.07. The lowest BCUT2D eigenvalue weighted by molar-refractivity contribution is -0.136. The Bertz CT molecular complexity index is 1570. The van der Waals surface area contributed by atoms with Crippen LogP contribution in [-0.4, -0.2) is 73.5 Å². The van der Waals surface area contributed by atoms with Gasteiger partial charge < -0.3 is 35.1 Å². The fraction of sp³-hybridized carbons (Fsp3) is 0.389. The first-order chi connectivity index (χ1) is 23.0. The first-order valence-corrected chi connectivity index (χ1v) is 16.4.